The molecule has 6 nitrogen and oxygen atoms in total. The standard InChI is InChI=1S/C22H21ClN4O2/c23-14-9-7-13(8-10-14)17-18-15(5-4-6-16(18)28)24-20-19(17)21(29)26-22(25-20)27-11-2-1-3-12-27/h7-10H,1-6,11-12H2,(H,24,25,26,29). The number of pyridine rings is 1. The number of H-pyrrole nitrogens is 1. The third kappa shape index (κ3) is 3.21. The minimum atomic E-state index is -0.255. The first kappa shape index (κ1) is 18.3. The Labute approximate surface area is 172 Å². The van der Waals surface area contributed by atoms with Crippen LogP contribution in [0.2, 0.25) is 5.02 Å². The molecule has 3 heterocycles. The lowest BCUT2D eigenvalue weighted by Gasteiger charge is -2.27. The Kier molecular flexibility index (Phi) is 4.59. The van der Waals surface area contributed by atoms with E-state index in [4.69, 9.17) is 16.6 Å². The molecule has 0 radical (unpaired) electrons. The molecule has 5 rings (SSSR count). The van der Waals surface area contributed by atoms with Gasteiger partial charge >= 0.3 is 0 Å². The van der Waals surface area contributed by atoms with Crippen LogP contribution in [0.1, 0.15) is 48.2 Å². The zero-order chi connectivity index (χ0) is 20.0. The molecule has 0 bridgehead atoms. The summed E-state index contributed by atoms with van der Waals surface area (Å²) in [6.07, 6.45) is 5.33. The molecule has 1 saturated heterocycles. The van der Waals surface area contributed by atoms with Crippen molar-refractivity contribution < 1.29 is 4.79 Å². The van der Waals surface area contributed by atoms with E-state index in [2.05, 4.69) is 14.9 Å². The number of nitrogens with zero attached hydrogens (tertiary/aromatic N) is 3. The number of aryl methyl sites for hydroxylation is 1. The minimum absolute atomic E-state index is 0.0325. The number of nitrogens with one attached hydrogen (secondary N) is 1. The van der Waals surface area contributed by atoms with Gasteiger partial charge in [0.1, 0.15) is 0 Å². The number of piperidine rings is 1. The molecular formula is C22H21ClN4O2. The van der Waals surface area contributed by atoms with E-state index in [-0.39, 0.29) is 11.3 Å². The predicted molar refractivity (Wildman–Crippen MR) is 114 cm³/mol. The monoisotopic (exact) mass is 408 g/mol. The van der Waals surface area contributed by atoms with Gasteiger partial charge in [0.05, 0.1) is 11.1 Å². The fourth-order valence-electron chi connectivity index (χ4n) is 4.39. The molecule has 1 aromatic carbocycles. The molecule has 0 saturated carbocycles. The maximum absolute atomic E-state index is 13.2. The number of halogens is 1. The van der Waals surface area contributed by atoms with Gasteiger partial charge in [-0.25, -0.2) is 4.98 Å². The molecular weight excluding hydrogens is 388 g/mol. The molecule has 3 aromatic rings. The number of rotatable bonds is 2. The average Bonchev–Trinajstić information content (AvgIpc) is 2.74. The normalized spacial score (nSPS) is 16.9. The fraction of sp³-hybridized carbons (Fsp3) is 0.364. The van der Waals surface area contributed by atoms with E-state index < -0.39 is 0 Å². The summed E-state index contributed by atoms with van der Waals surface area (Å²) >= 11 is 6.06. The molecule has 2 aromatic heterocycles. The molecule has 29 heavy (non-hydrogen) atoms. The second-order valence-corrected chi connectivity index (χ2v) is 8.16. The van der Waals surface area contributed by atoms with Gasteiger partial charge in [0, 0.05) is 35.7 Å². The molecule has 1 N–H and O–H groups in total. The summed E-state index contributed by atoms with van der Waals surface area (Å²) < 4.78 is 0. The van der Waals surface area contributed by atoms with Crippen LogP contribution in [-0.2, 0) is 6.42 Å². The van der Waals surface area contributed by atoms with Crippen molar-refractivity contribution >= 4 is 34.4 Å². The Morgan fingerprint density at radius 3 is 2.41 bits per heavy atom. The Hall–Kier alpha value is -2.73. The van der Waals surface area contributed by atoms with Crippen LogP contribution in [0.25, 0.3) is 22.2 Å². The van der Waals surface area contributed by atoms with Crippen molar-refractivity contribution in [2.24, 2.45) is 0 Å². The number of benzene rings is 1. The molecule has 0 unspecified atom stereocenters. The molecule has 1 aliphatic carbocycles. The molecule has 0 spiro atoms. The van der Waals surface area contributed by atoms with E-state index in [1.807, 2.05) is 12.1 Å². The first-order chi connectivity index (χ1) is 14.1. The van der Waals surface area contributed by atoms with Gasteiger partial charge in [-0.15, -0.1) is 0 Å². The van der Waals surface area contributed by atoms with Crippen LogP contribution in [0.5, 0.6) is 0 Å². The SMILES string of the molecule is O=C1CCCc2nc3nc(N4CCCCC4)[nH]c(=O)c3c(-c3ccc(Cl)cc3)c21. The Morgan fingerprint density at radius 1 is 0.897 bits per heavy atom. The highest BCUT2D eigenvalue weighted by Gasteiger charge is 2.27. The van der Waals surface area contributed by atoms with E-state index in [0.29, 0.717) is 46.0 Å². The lowest BCUT2D eigenvalue weighted by molar-refractivity contribution is 0.0972. The van der Waals surface area contributed by atoms with Crippen LogP contribution >= 0.6 is 11.6 Å². The van der Waals surface area contributed by atoms with Crippen molar-refractivity contribution in [3.05, 3.63) is 50.9 Å². The second-order valence-electron chi connectivity index (χ2n) is 7.73. The Balaban J connectivity index is 1.80. The number of Topliss-reactive ketones (excluding diaryl/α,β-unsaturated/α-hetero) is 1. The third-order valence-corrected chi connectivity index (χ3v) is 6.05. The van der Waals surface area contributed by atoms with Crippen molar-refractivity contribution in [2.45, 2.75) is 38.5 Å². The third-order valence-electron chi connectivity index (χ3n) is 5.80. The van der Waals surface area contributed by atoms with E-state index in [0.717, 1.165) is 43.6 Å². The molecule has 148 valence electrons. The van der Waals surface area contributed by atoms with Crippen LogP contribution < -0.4 is 10.5 Å². The number of hydrogen-bond donors (Lipinski definition) is 1. The molecule has 0 amide bonds. The highest BCUT2D eigenvalue weighted by Crippen LogP contribution is 2.35. The van der Waals surface area contributed by atoms with Crippen LogP contribution in [0.15, 0.2) is 29.1 Å². The van der Waals surface area contributed by atoms with Gasteiger partial charge in [-0.3, -0.25) is 14.6 Å². The number of anilines is 1. The summed E-state index contributed by atoms with van der Waals surface area (Å²) in [4.78, 5) is 40.5. The van der Waals surface area contributed by atoms with Crippen LogP contribution in [-0.4, -0.2) is 33.8 Å². The van der Waals surface area contributed by atoms with Gasteiger partial charge in [0.15, 0.2) is 11.4 Å². The number of aromatic nitrogens is 3. The van der Waals surface area contributed by atoms with E-state index in [1.54, 1.807) is 12.1 Å². The molecule has 0 atom stereocenters. The Bertz CT molecular complexity index is 1160. The summed E-state index contributed by atoms with van der Waals surface area (Å²) in [5.41, 5.74) is 2.86. The zero-order valence-electron chi connectivity index (χ0n) is 16.0. The van der Waals surface area contributed by atoms with Gasteiger partial charge in [-0.1, -0.05) is 23.7 Å². The van der Waals surface area contributed by atoms with Gasteiger partial charge in [-0.2, -0.15) is 4.98 Å². The van der Waals surface area contributed by atoms with Crippen molar-refractivity contribution in [1.82, 2.24) is 15.0 Å². The minimum Gasteiger partial charge on any atom is -0.342 e. The zero-order valence-corrected chi connectivity index (χ0v) is 16.8. The van der Waals surface area contributed by atoms with Crippen LogP contribution in [0, 0.1) is 0 Å². The summed E-state index contributed by atoms with van der Waals surface area (Å²) in [7, 11) is 0. The summed E-state index contributed by atoms with van der Waals surface area (Å²) in [6.45, 7) is 1.75. The van der Waals surface area contributed by atoms with Gasteiger partial charge in [0.2, 0.25) is 5.95 Å². The van der Waals surface area contributed by atoms with Gasteiger partial charge in [0.25, 0.3) is 5.56 Å². The Morgan fingerprint density at radius 2 is 1.66 bits per heavy atom. The number of fused-ring (bicyclic) bond motifs is 2. The van der Waals surface area contributed by atoms with Crippen LogP contribution in [0.4, 0.5) is 5.95 Å². The first-order valence-corrected chi connectivity index (χ1v) is 10.5. The topological polar surface area (TPSA) is 79.0 Å². The van der Waals surface area contributed by atoms with Crippen LogP contribution in [0.3, 0.4) is 0 Å². The maximum Gasteiger partial charge on any atom is 0.262 e. The summed E-state index contributed by atoms with van der Waals surface area (Å²) in [5.74, 6) is 0.601. The number of carbonyl (C=O) groups is 1. The smallest absolute Gasteiger partial charge is 0.262 e. The molecule has 2 aliphatic rings. The maximum atomic E-state index is 13.2. The number of aromatic amines is 1. The second kappa shape index (κ2) is 7.26. The average molecular weight is 409 g/mol. The number of carbonyl (C=O) groups excluding carboxylic acids is 1. The van der Waals surface area contributed by atoms with Gasteiger partial charge in [-0.05, 0) is 49.8 Å². The van der Waals surface area contributed by atoms with Crippen molar-refractivity contribution in [3.63, 3.8) is 0 Å². The van der Waals surface area contributed by atoms with Gasteiger partial charge < -0.3 is 4.90 Å². The lowest BCUT2D eigenvalue weighted by atomic mass is 9.87. The number of hydrogen-bond acceptors (Lipinski definition) is 5. The first-order valence-electron chi connectivity index (χ1n) is 10.1. The fourth-order valence-corrected chi connectivity index (χ4v) is 4.52. The molecule has 1 fully saturated rings. The number of ketones is 1. The van der Waals surface area contributed by atoms with Crippen molar-refractivity contribution in [2.75, 3.05) is 18.0 Å². The highest BCUT2D eigenvalue weighted by atomic mass is 35.5. The summed E-state index contributed by atoms with van der Waals surface area (Å²) in [5, 5.41) is 0.980. The summed E-state index contributed by atoms with van der Waals surface area (Å²) in [6, 6.07) is 7.23. The van der Waals surface area contributed by atoms with E-state index in [1.165, 1.54) is 6.42 Å². The molecule has 1 aliphatic heterocycles. The van der Waals surface area contributed by atoms with Crippen molar-refractivity contribution in [1.29, 1.82) is 0 Å². The van der Waals surface area contributed by atoms with E-state index >= 15 is 0 Å². The lowest BCUT2D eigenvalue weighted by Crippen LogP contribution is -2.32. The molecule has 7 heteroatoms. The quantitative estimate of drug-likeness (QED) is 0.689. The predicted octanol–water partition coefficient (Wildman–Crippen LogP) is 4.15. The van der Waals surface area contributed by atoms with Crippen molar-refractivity contribution in [3.8, 4) is 11.1 Å². The largest absolute Gasteiger partial charge is 0.342 e. The van der Waals surface area contributed by atoms with E-state index in [9.17, 15) is 9.59 Å². The highest BCUT2D eigenvalue weighted by molar-refractivity contribution is 6.30.